The van der Waals surface area contributed by atoms with Gasteiger partial charge in [0.2, 0.25) is 14.9 Å². The van der Waals surface area contributed by atoms with Gasteiger partial charge in [0.25, 0.3) is 0 Å². The zero-order valence-corrected chi connectivity index (χ0v) is 17.9. The van der Waals surface area contributed by atoms with Gasteiger partial charge in [0.15, 0.2) is 5.65 Å². The number of fused-ring (bicyclic) bond motifs is 3. The van der Waals surface area contributed by atoms with E-state index in [9.17, 15) is 8.42 Å². The highest BCUT2D eigenvalue weighted by atomic mass is 32.2. The second-order valence-corrected chi connectivity index (χ2v) is 9.44. The van der Waals surface area contributed by atoms with Crippen LogP contribution in [0.3, 0.4) is 0 Å². The number of benzene rings is 2. The number of sulfone groups is 1. The zero-order valence-electron chi connectivity index (χ0n) is 17.1. The molecule has 8 heteroatoms. The summed E-state index contributed by atoms with van der Waals surface area (Å²) in [6.07, 6.45) is 0. The molecule has 0 spiro atoms. The molecule has 2 heterocycles. The highest BCUT2D eigenvalue weighted by molar-refractivity contribution is 7.91. The summed E-state index contributed by atoms with van der Waals surface area (Å²) in [7, 11) is -3.90. The van der Waals surface area contributed by atoms with Crippen LogP contribution in [0.5, 0.6) is 0 Å². The first kappa shape index (κ1) is 19.3. The molecule has 0 unspecified atom stereocenters. The van der Waals surface area contributed by atoms with E-state index in [2.05, 4.69) is 20.6 Å². The summed E-state index contributed by atoms with van der Waals surface area (Å²) in [5.41, 5.74) is 3.34. The van der Waals surface area contributed by atoms with Gasteiger partial charge in [-0.1, -0.05) is 35.0 Å². The lowest BCUT2D eigenvalue weighted by atomic mass is 10.1. The quantitative estimate of drug-likeness (QED) is 0.551. The number of para-hydroxylation sites is 1. The van der Waals surface area contributed by atoms with Crippen molar-refractivity contribution < 1.29 is 8.42 Å². The molecular weight excluding hydrogens is 386 g/mol. The molecule has 7 nitrogen and oxygen atoms in total. The molecule has 0 bridgehead atoms. The Balaban J connectivity index is 2.04. The minimum absolute atomic E-state index is 0.130. The summed E-state index contributed by atoms with van der Waals surface area (Å²) < 4.78 is 28.6. The molecule has 0 amide bonds. The van der Waals surface area contributed by atoms with Crippen LogP contribution in [-0.2, 0) is 9.84 Å². The minimum atomic E-state index is -3.90. The lowest BCUT2D eigenvalue weighted by Gasteiger charge is -2.13. The van der Waals surface area contributed by atoms with Gasteiger partial charge in [-0.3, -0.25) is 0 Å². The normalized spacial score (nSPS) is 12.2. The second-order valence-electron chi connectivity index (χ2n) is 7.64. The molecule has 0 saturated carbocycles. The van der Waals surface area contributed by atoms with E-state index in [0.717, 1.165) is 16.5 Å². The predicted octanol–water partition coefficient (Wildman–Crippen LogP) is 3.86. The third kappa shape index (κ3) is 3.13. The van der Waals surface area contributed by atoms with Crippen molar-refractivity contribution >= 4 is 32.2 Å². The number of anilines is 1. The summed E-state index contributed by atoms with van der Waals surface area (Å²) in [5.74, 6) is 0.610. The fraction of sp³-hybridized carbons (Fsp3) is 0.286. The number of nitrogens with zero attached hydrogens (tertiary/aromatic N) is 4. The van der Waals surface area contributed by atoms with E-state index in [1.807, 2.05) is 57.2 Å². The van der Waals surface area contributed by atoms with E-state index >= 15 is 0 Å². The van der Waals surface area contributed by atoms with Crippen LogP contribution in [-0.4, -0.2) is 34.3 Å². The minimum Gasteiger partial charge on any atom is -0.367 e. The number of rotatable bonds is 4. The molecule has 4 aromatic rings. The van der Waals surface area contributed by atoms with Gasteiger partial charge in [-0.2, -0.15) is 4.52 Å². The van der Waals surface area contributed by atoms with Crippen LogP contribution in [0.1, 0.15) is 30.5 Å². The Kier molecular flexibility index (Phi) is 4.53. The van der Waals surface area contributed by atoms with E-state index < -0.39 is 9.84 Å². The van der Waals surface area contributed by atoms with Gasteiger partial charge in [-0.15, -0.1) is 5.10 Å². The van der Waals surface area contributed by atoms with Crippen molar-refractivity contribution in [2.45, 2.75) is 50.6 Å². The maximum Gasteiger partial charge on any atom is 0.230 e. The topological polar surface area (TPSA) is 89.2 Å². The van der Waals surface area contributed by atoms with Gasteiger partial charge in [-0.05, 0) is 57.9 Å². The molecule has 2 aromatic heterocycles. The second kappa shape index (κ2) is 6.81. The SMILES string of the molecule is Cc1cc(C)c(S(=O)(=O)c2nnn3c2nc(NC(C)C)c2ccccc23)c(C)c1. The third-order valence-corrected chi connectivity index (χ3v) is 6.73. The van der Waals surface area contributed by atoms with Gasteiger partial charge in [0.1, 0.15) is 5.82 Å². The molecule has 29 heavy (non-hydrogen) atoms. The van der Waals surface area contributed by atoms with Crippen LogP contribution in [0.2, 0.25) is 0 Å². The monoisotopic (exact) mass is 409 g/mol. The van der Waals surface area contributed by atoms with E-state index in [1.165, 1.54) is 4.52 Å². The van der Waals surface area contributed by atoms with Gasteiger partial charge >= 0.3 is 0 Å². The third-order valence-electron chi connectivity index (χ3n) is 4.78. The van der Waals surface area contributed by atoms with Crippen LogP contribution in [0.4, 0.5) is 5.82 Å². The van der Waals surface area contributed by atoms with E-state index in [-0.39, 0.29) is 21.6 Å². The van der Waals surface area contributed by atoms with Crippen molar-refractivity contribution in [2.24, 2.45) is 0 Å². The molecule has 0 saturated heterocycles. The fourth-order valence-corrected chi connectivity index (χ4v) is 5.47. The van der Waals surface area contributed by atoms with Crippen LogP contribution >= 0.6 is 0 Å². The first-order valence-electron chi connectivity index (χ1n) is 9.44. The van der Waals surface area contributed by atoms with Gasteiger partial charge in [0, 0.05) is 11.4 Å². The molecule has 2 aromatic carbocycles. The largest absolute Gasteiger partial charge is 0.367 e. The van der Waals surface area contributed by atoms with Crippen LogP contribution < -0.4 is 5.32 Å². The predicted molar refractivity (Wildman–Crippen MR) is 113 cm³/mol. The summed E-state index contributed by atoms with van der Waals surface area (Å²) in [5, 5.41) is 12.2. The van der Waals surface area contributed by atoms with E-state index in [0.29, 0.717) is 16.9 Å². The Morgan fingerprint density at radius 1 is 1.03 bits per heavy atom. The maximum absolute atomic E-state index is 13.6. The number of aryl methyl sites for hydroxylation is 3. The molecule has 150 valence electrons. The highest BCUT2D eigenvalue weighted by Crippen LogP contribution is 2.31. The molecule has 0 atom stereocenters. The Hall–Kier alpha value is -3.00. The summed E-state index contributed by atoms with van der Waals surface area (Å²) >= 11 is 0. The first-order valence-corrected chi connectivity index (χ1v) is 10.9. The van der Waals surface area contributed by atoms with Crippen molar-refractivity contribution in [1.29, 1.82) is 0 Å². The van der Waals surface area contributed by atoms with Crippen molar-refractivity contribution in [3.8, 4) is 0 Å². The first-order chi connectivity index (χ1) is 13.7. The Morgan fingerprint density at radius 3 is 2.34 bits per heavy atom. The summed E-state index contributed by atoms with van der Waals surface area (Å²) in [4.78, 5) is 4.88. The number of nitrogens with one attached hydrogen (secondary N) is 1. The average molecular weight is 410 g/mol. The molecule has 0 radical (unpaired) electrons. The Labute approximate surface area is 169 Å². The van der Waals surface area contributed by atoms with Crippen molar-refractivity contribution in [2.75, 3.05) is 5.32 Å². The van der Waals surface area contributed by atoms with Crippen LogP contribution in [0.15, 0.2) is 46.3 Å². The molecule has 0 aliphatic heterocycles. The van der Waals surface area contributed by atoms with Gasteiger partial charge in [0.05, 0.1) is 10.4 Å². The van der Waals surface area contributed by atoms with Crippen LogP contribution in [0.25, 0.3) is 16.6 Å². The molecule has 1 N–H and O–H groups in total. The smallest absolute Gasteiger partial charge is 0.230 e. The number of hydrogen-bond donors (Lipinski definition) is 1. The molecule has 0 aliphatic rings. The highest BCUT2D eigenvalue weighted by Gasteiger charge is 2.30. The molecule has 0 aliphatic carbocycles. The van der Waals surface area contributed by atoms with Crippen molar-refractivity contribution in [3.63, 3.8) is 0 Å². The van der Waals surface area contributed by atoms with E-state index in [1.54, 1.807) is 13.8 Å². The van der Waals surface area contributed by atoms with Crippen molar-refractivity contribution in [1.82, 2.24) is 19.8 Å². The van der Waals surface area contributed by atoms with Crippen molar-refractivity contribution in [3.05, 3.63) is 53.1 Å². The van der Waals surface area contributed by atoms with Crippen LogP contribution in [0, 0.1) is 20.8 Å². The zero-order chi connectivity index (χ0) is 20.9. The number of aromatic nitrogens is 4. The Morgan fingerprint density at radius 2 is 1.69 bits per heavy atom. The summed E-state index contributed by atoms with van der Waals surface area (Å²) in [6, 6.07) is 11.4. The standard InChI is InChI=1S/C21H23N5O2S/c1-12(2)22-19-16-8-6-7-9-17(16)26-20(23-19)21(24-25-26)29(27,28)18-14(4)10-13(3)11-15(18)5/h6-12H,1-5H3,(H,22,23). The fourth-order valence-electron chi connectivity index (χ4n) is 3.79. The molecule has 0 fully saturated rings. The lowest BCUT2D eigenvalue weighted by Crippen LogP contribution is -2.13. The average Bonchev–Trinajstić information content (AvgIpc) is 3.05. The maximum atomic E-state index is 13.6. The lowest BCUT2D eigenvalue weighted by molar-refractivity contribution is 0.591. The van der Waals surface area contributed by atoms with Gasteiger partial charge < -0.3 is 5.32 Å². The summed E-state index contributed by atoms with van der Waals surface area (Å²) in [6.45, 7) is 9.56. The number of hydrogen-bond acceptors (Lipinski definition) is 6. The van der Waals surface area contributed by atoms with E-state index in [4.69, 9.17) is 0 Å². The Bertz CT molecular complexity index is 1330. The molecule has 4 rings (SSSR count). The molecular formula is C21H23N5O2S. The van der Waals surface area contributed by atoms with Gasteiger partial charge in [-0.25, -0.2) is 13.4 Å².